The monoisotopic (exact) mass is 322 g/mol. The molecule has 1 aromatic rings. The Morgan fingerprint density at radius 3 is 2.73 bits per heavy atom. The molecule has 5 nitrogen and oxygen atoms in total. The van der Waals surface area contributed by atoms with Gasteiger partial charge in [-0.3, -0.25) is 9.69 Å². The molecule has 120 valence electrons. The Labute approximate surface area is 131 Å². The number of carbonyl (C=O) groups is 1. The minimum Gasteiger partial charge on any atom is -0.341 e. The zero-order chi connectivity index (χ0) is 15.7. The predicted octanol–water partition coefficient (Wildman–Crippen LogP) is 0.690. The van der Waals surface area contributed by atoms with Crippen molar-refractivity contribution in [3.05, 3.63) is 35.4 Å². The fraction of sp³-hybridized carbons (Fsp3) is 0.562. The number of rotatable bonds is 3. The van der Waals surface area contributed by atoms with Gasteiger partial charge in [-0.05, 0) is 24.0 Å². The van der Waals surface area contributed by atoms with E-state index < -0.39 is 9.84 Å². The molecule has 0 N–H and O–H groups in total. The molecule has 2 heterocycles. The molecule has 1 saturated heterocycles. The first kappa shape index (κ1) is 15.5. The molecular formula is C16H22N2O3S. The van der Waals surface area contributed by atoms with Gasteiger partial charge in [0.05, 0.1) is 18.1 Å². The number of sulfone groups is 1. The number of hydrogen-bond acceptors (Lipinski definition) is 4. The van der Waals surface area contributed by atoms with E-state index in [-0.39, 0.29) is 23.5 Å². The second-order valence-corrected chi connectivity index (χ2v) is 8.52. The van der Waals surface area contributed by atoms with Crippen molar-refractivity contribution in [1.82, 2.24) is 9.80 Å². The van der Waals surface area contributed by atoms with Crippen LogP contribution in [0.5, 0.6) is 0 Å². The van der Waals surface area contributed by atoms with Crippen molar-refractivity contribution in [1.29, 1.82) is 0 Å². The fourth-order valence-electron chi connectivity index (χ4n) is 3.28. The molecular weight excluding hydrogens is 300 g/mol. The Morgan fingerprint density at radius 2 is 2.05 bits per heavy atom. The first-order valence-corrected chi connectivity index (χ1v) is 9.52. The smallest absolute Gasteiger partial charge is 0.236 e. The topological polar surface area (TPSA) is 57.7 Å². The number of amides is 1. The number of fused-ring (bicyclic) bond motifs is 1. The van der Waals surface area contributed by atoms with Crippen LogP contribution >= 0.6 is 0 Å². The van der Waals surface area contributed by atoms with Crippen molar-refractivity contribution >= 4 is 15.7 Å². The Kier molecular flexibility index (Phi) is 4.23. The zero-order valence-corrected chi connectivity index (χ0v) is 13.7. The molecule has 0 spiro atoms. The molecule has 22 heavy (non-hydrogen) atoms. The number of carbonyl (C=O) groups excluding carboxylic acids is 1. The highest BCUT2D eigenvalue weighted by Gasteiger charge is 2.33. The van der Waals surface area contributed by atoms with Crippen LogP contribution < -0.4 is 0 Å². The molecule has 2 aliphatic heterocycles. The molecule has 1 aromatic carbocycles. The fourth-order valence-corrected chi connectivity index (χ4v) is 5.05. The SMILES string of the molecule is CN(C(=O)CN1CCc2ccccc2C1)C1CCS(=O)(=O)C1. The van der Waals surface area contributed by atoms with E-state index in [9.17, 15) is 13.2 Å². The van der Waals surface area contributed by atoms with Gasteiger partial charge in [0.1, 0.15) is 0 Å². The number of nitrogens with zero attached hydrogens (tertiary/aromatic N) is 2. The van der Waals surface area contributed by atoms with E-state index in [0.29, 0.717) is 13.0 Å². The molecule has 1 atom stereocenters. The number of benzene rings is 1. The third-order valence-corrected chi connectivity index (χ3v) is 6.47. The normalized spacial score (nSPS) is 24.0. The van der Waals surface area contributed by atoms with Gasteiger partial charge in [0.15, 0.2) is 9.84 Å². The molecule has 0 bridgehead atoms. The van der Waals surface area contributed by atoms with E-state index in [4.69, 9.17) is 0 Å². The number of hydrogen-bond donors (Lipinski definition) is 0. The van der Waals surface area contributed by atoms with Gasteiger partial charge in [0.2, 0.25) is 5.91 Å². The number of likely N-dealkylation sites (N-methyl/N-ethyl adjacent to an activating group) is 1. The maximum Gasteiger partial charge on any atom is 0.236 e. The van der Waals surface area contributed by atoms with Gasteiger partial charge < -0.3 is 4.90 Å². The molecule has 0 aliphatic carbocycles. The highest BCUT2D eigenvalue weighted by molar-refractivity contribution is 7.91. The van der Waals surface area contributed by atoms with Crippen LogP contribution in [-0.2, 0) is 27.6 Å². The summed E-state index contributed by atoms with van der Waals surface area (Å²) in [5, 5.41) is 0. The quantitative estimate of drug-likeness (QED) is 0.822. The Bertz CT molecular complexity index is 672. The van der Waals surface area contributed by atoms with Crippen molar-refractivity contribution in [2.75, 3.05) is 31.6 Å². The summed E-state index contributed by atoms with van der Waals surface area (Å²) in [4.78, 5) is 16.2. The van der Waals surface area contributed by atoms with Crippen LogP contribution in [0.1, 0.15) is 17.5 Å². The summed E-state index contributed by atoms with van der Waals surface area (Å²) in [6.07, 6.45) is 1.53. The van der Waals surface area contributed by atoms with Crippen molar-refractivity contribution in [3.63, 3.8) is 0 Å². The maximum atomic E-state index is 12.4. The molecule has 1 fully saturated rings. The van der Waals surface area contributed by atoms with Gasteiger partial charge in [-0.15, -0.1) is 0 Å². The van der Waals surface area contributed by atoms with Gasteiger partial charge in [-0.2, -0.15) is 0 Å². The average molecular weight is 322 g/mol. The third kappa shape index (κ3) is 3.33. The Hall–Kier alpha value is -1.40. The van der Waals surface area contributed by atoms with E-state index in [1.54, 1.807) is 11.9 Å². The van der Waals surface area contributed by atoms with Crippen LogP contribution in [-0.4, -0.2) is 61.8 Å². The summed E-state index contributed by atoms with van der Waals surface area (Å²) >= 11 is 0. The lowest BCUT2D eigenvalue weighted by Gasteiger charge is -2.31. The van der Waals surface area contributed by atoms with Gasteiger partial charge in [0, 0.05) is 26.2 Å². The van der Waals surface area contributed by atoms with E-state index >= 15 is 0 Å². The van der Waals surface area contributed by atoms with Gasteiger partial charge in [-0.1, -0.05) is 24.3 Å². The minimum atomic E-state index is -2.95. The molecule has 1 amide bonds. The van der Waals surface area contributed by atoms with E-state index in [1.165, 1.54) is 11.1 Å². The van der Waals surface area contributed by atoms with Gasteiger partial charge in [0.25, 0.3) is 0 Å². The van der Waals surface area contributed by atoms with Gasteiger partial charge >= 0.3 is 0 Å². The summed E-state index contributed by atoms with van der Waals surface area (Å²) < 4.78 is 23.1. The Morgan fingerprint density at radius 1 is 1.32 bits per heavy atom. The lowest BCUT2D eigenvalue weighted by atomic mass is 10.00. The second-order valence-electron chi connectivity index (χ2n) is 6.29. The van der Waals surface area contributed by atoms with E-state index in [0.717, 1.165) is 19.5 Å². The van der Waals surface area contributed by atoms with Crippen molar-refractivity contribution in [2.45, 2.75) is 25.4 Å². The van der Waals surface area contributed by atoms with Crippen LogP contribution in [0.4, 0.5) is 0 Å². The highest BCUT2D eigenvalue weighted by Crippen LogP contribution is 2.20. The molecule has 2 aliphatic rings. The maximum absolute atomic E-state index is 12.4. The van der Waals surface area contributed by atoms with E-state index in [2.05, 4.69) is 17.0 Å². The standard InChI is InChI=1S/C16H22N2O3S/c1-17(15-7-9-22(20,21)12-15)16(19)11-18-8-6-13-4-2-3-5-14(13)10-18/h2-5,15H,6-12H2,1H3. The van der Waals surface area contributed by atoms with Crippen LogP contribution in [0.15, 0.2) is 24.3 Å². The summed E-state index contributed by atoms with van der Waals surface area (Å²) in [7, 11) is -1.23. The zero-order valence-electron chi connectivity index (χ0n) is 12.9. The molecule has 0 saturated carbocycles. The van der Waals surface area contributed by atoms with Gasteiger partial charge in [-0.25, -0.2) is 8.42 Å². The van der Waals surface area contributed by atoms with E-state index in [1.807, 2.05) is 12.1 Å². The molecule has 6 heteroatoms. The summed E-state index contributed by atoms with van der Waals surface area (Å²) in [6, 6.07) is 8.17. The molecule has 1 unspecified atom stereocenters. The van der Waals surface area contributed by atoms with Crippen LogP contribution in [0.25, 0.3) is 0 Å². The summed E-state index contributed by atoms with van der Waals surface area (Å²) in [5.41, 5.74) is 2.65. The largest absolute Gasteiger partial charge is 0.341 e. The van der Waals surface area contributed by atoms with Crippen molar-refractivity contribution in [2.24, 2.45) is 0 Å². The summed E-state index contributed by atoms with van der Waals surface area (Å²) in [6.45, 7) is 2.03. The molecule has 0 radical (unpaired) electrons. The highest BCUT2D eigenvalue weighted by atomic mass is 32.2. The summed E-state index contributed by atoms with van der Waals surface area (Å²) in [5.74, 6) is 0.325. The first-order chi connectivity index (χ1) is 10.4. The average Bonchev–Trinajstić information content (AvgIpc) is 2.86. The third-order valence-electron chi connectivity index (χ3n) is 4.72. The van der Waals surface area contributed by atoms with Crippen molar-refractivity contribution in [3.8, 4) is 0 Å². The minimum absolute atomic E-state index is 0.0153. The van der Waals surface area contributed by atoms with Crippen LogP contribution in [0.2, 0.25) is 0 Å². The predicted molar refractivity (Wildman–Crippen MR) is 85.3 cm³/mol. The molecule has 3 rings (SSSR count). The van der Waals surface area contributed by atoms with Crippen LogP contribution in [0, 0.1) is 0 Å². The second kappa shape index (κ2) is 6.01. The lowest BCUT2D eigenvalue weighted by Crippen LogP contribution is -2.45. The lowest BCUT2D eigenvalue weighted by molar-refractivity contribution is -0.133. The molecule has 0 aromatic heterocycles. The Balaban J connectivity index is 1.59. The van der Waals surface area contributed by atoms with Crippen LogP contribution in [0.3, 0.4) is 0 Å². The first-order valence-electron chi connectivity index (χ1n) is 7.70. The van der Waals surface area contributed by atoms with Crippen molar-refractivity contribution < 1.29 is 13.2 Å².